The number of nitrogens with zero attached hydrogens (tertiary/aromatic N) is 1. The van der Waals surface area contributed by atoms with E-state index >= 15 is 0 Å². The maximum Gasteiger partial charge on any atom is 0.251 e. The van der Waals surface area contributed by atoms with Crippen LogP contribution in [0.3, 0.4) is 0 Å². The molecule has 25 heavy (non-hydrogen) atoms. The number of para-hydroxylation sites is 1. The number of ether oxygens (including phenoxy) is 2. The molecule has 0 aliphatic heterocycles. The number of hydrogen-bond acceptors (Lipinski definition) is 4. The van der Waals surface area contributed by atoms with E-state index < -0.39 is 0 Å². The maximum atomic E-state index is 12.3. The van der Waals surface area contributed by atoms with Gasteiger partial charge in [-0.05, 0) is 24.3 Å². The van der Waals surface area contributed by atoms with Gasteiger partial charge in [0.05, 0.1) is 14.2 Å². The summed E-state index contributed by atoms with van der Waals surface area (Å²) in [6.07, 6.45) is 0. The third-order valence-corrected chi connectivity index (χ3v) is 3.68. The molecule has 6 heteroatoms. The first kappa shape index (κ1) is 18.3. The Bertz CT molecular complexity index is 709. The molecule has 0 unspecified atom stereocenters. The molecule has 0 atom stereocenters. The lowest BCUT2D eigenvalue weighted by atomic mass is 10.2. The van der Waals surface area contributed by atoms with Crippen LogP contribution in [0.5, 0.6) is 11.5 Å². The van der Waals surface area contributed by atoms with Gasteiger partial charge in [-0.25, -0.2) is 0 Å². The van der Waals surface area contributed by atoms with Gasteiger partial charge in [0.15, 0.2) is 0 Å². The fraction of sp³-hybridized carbons (Fsp3) is 0.263. The second-order valence-electron chi connectivity index (χ2n) is 5.36. The molecular formula is C19H22N2O4. The predicted molar refractivity (Wildman–Crippen MR) is 96.3 cm³/mol. The maximum absolute atomic E-state index is 12.3. The van der Waals surface area contributed by atoms with Gasteiger partial charge >= 0.3 is 0 Å². The van der Waals surface area contributed by atoms with E-state index in [1.54, 1.807) is 23.1 Å². The van der Waals surface area contributed by atoms with Crippen molar-refractivity contribution in [2.24, 2.45) is 0 Å². The van der Waals surface area contributed by atoms with Crippen molar-refractivity contribution < 1.29 is 19.1 Å². The zero-order chi connectivity index (χ0) is 18.2. The Hall–Kier alpha value is -3.02. The van der Waals surface area contributed by atoms with Crippen LogP contribution in [0.25, 0.3) is 0 Å². The minimum atomic E-state index is -0.256. The van der Waals surface area contributed by atoms with Gasteiger partial charge < -0.3 is 19.7 Å². The zero-order valence-electron chi connectivity index (χ0n) is 14.6. The number of methoxy groups -OCH3 is 2. The number of hydrogen-bond donors (Lipinski definition) is 1. The van der Waals surface area contributed by atoms with E-state index in [0.717, 1.165) is 5.69 Å². The third-order valence-electron chi connectivity index (χ3n) is 3.68. The third kappa shape index (κ3) is 4.97. The Morgan fingerprint density at radius 1 is 1.00 bits per heavy atom. The van der Waals surface area contributed by atoms with Gasteiger partial charge in [0.2, 0.25) is 5.91 Å². The van der Waals surface area contributed by atoms with Crippen molar-refractivity contribution >= 4 is 17.5 Å². The van der Waals surface area contributed by atoms with Crippen LogP contribution in [0.1, 0.15) is 17.3 Å². The van der Waals surface area contributed by atoms with Crippen molar-refractivity contribution in [1.82, 2.24) is 5.32 Å². The fourth-order valence-corrected chi connectivity index (χ4v) is 2.40. The van der Waals surface area contributed by atoms with Crippen LogP contribution < -0.4 is 19.7 Å². The number of benzene rings is 2. The molecule has 0 spiro atoms. The topological polar surface area (TPSA) is 67.9 Å². The molecule has 1 N–H and O–H groups in total. The van der Waals surface area contributed by atoms with E-state index in [1.165, 1.54) is 21.1 Å². The molecular weight excluding hydrogens is 320 g/mol. The van der Waals surface area contributed by atoms with Gasteiger partial charge in [0.25, 0.3) is 5.91 Å². The first-order chi connectivity index (χ1) is 12.0. The number of carbonyl (C=O) groups is 2. The molecule has 2 amide bonds. The van der Waals surface area contributed by atoms with Gasteiger partial charge in [0, 0.05) is 37.3 Å². The van der Waals surface area contributed by atoms with Crippen LogP contribution in [-0.2, 0) is 4.79 Å². The fourth-order valence-electron chi connectivity index (χ4n) is 2.40. The standard InChI is InChI=1S/C19H22N2O4/c1-14(22)21(16-7-5-4-6-8-16)10-9-20-19(23)15-11-17(24-2)13-18(12-15)25-3/h4-8,11-13H,9-10H2,1-3H3,(H,20,23). The van der Waals surface area contributed by atoms with E-state index in [4.69, 9.17) is 9.47 Å². The molecule has 0 fully saturated rings. The summed E-state index contributed by atoms with van der Waals surface area (Å²) in [5.74, 6) is 0.746. The molecule has 0 aliphatic carbocycles. The minimum Gasteiger partial charge on any atom is -0.497 e. The van der Waals surface area contributed by atoms with Crippen LogP contribution in [0.4, 0.5) is 5.69 Å². The lowest BCUT2D eigenvalue weighted by Crippen LogP contribution is -2.37. The highest BCUT2D eigenvalue weighted by molar-refractivity contribution is 5.95. The van der Waals surface area contributed by atoms with Crippen LogP contribution in [-0.4, -0.2) is 39.1 Å². The summed E-state index contributed by atoms with van der Waals surface area (Å²) in [6.45, 7) is 2.21. The number of rotatable bonds is 7. The number of amides is 2. The largest absolute Gasteiger partial charge is 0.497 e. The normalized spacial score (nSPS) is 10.0. The second kappa shape index (κ2) is 8.73. The van der Waals surface area contributed by atoms with Gasteiger partial charge in [0.1, 0.15) is 11.5 Å². The van der Waals surface area contributed by atoms with E-state index in [-0.39, 0.29) is 11.8 Å². The molecule has 0 radical (unpaired) electrons. The first-order valence-corrected chi connectivity index (χ1v) is 7.89. The Kier molecular flexibility index (Phi) is 6.39. The van der Waals surface area contributed by atoms with Crippen molar-refractivity contribution in [2.45, 2.75) is 6.92 Å². The Morgan fingerprint density at radius 2 is 1.60 bits per heavy atom. The number of anilines is 1. The molecule has 2 aromatic rings. The van der Waals surface area contributed by atoms with Crippen molar-refractivity contribution in [1.29, 1.82) is 0 Å². The van der Waals surface area contributed by atoms with Gasteiger partial charge in [-0.3, -0.25) is 9.59 Å². The summed E-state index contributed by atoms with van der Waals surface area (Å²) >= 11 is 0. The molecule has 0 saturated heterocycles. The quantitative estimate of drug-likeness (QED) is 0.839. The summed E-state index contributed by atoms with van der Waals surface area (Å²) in [4.78, 5) is 25.8. The van der Waals surface area contributed by atoms with Crippen LogP contribution in [0.15, 0.2) is 48.5 Å². The summed E-state index contributed by atoms with van der Waals surface area (Å²) in [6, 6.07) is 14.3. The van der Waals surface area contributed by atoms with Crippen LogP contribution in [0.2, 0.25) is 0 Å². The lowest BCUT2D eigenvalue weighted by molar-refractivity contribution is -0.116. The van der Waals surface area contributed by atoms with Crippen molar-refractivity contribution in [3.63, 3.8) is 0 Å². The molecule has 0 aliphatic rings. The predicted octanol–water partition coefficient (Wildman–Crippen LogP) is 2.49. The summed E-state index contributed by atoms with van der Waals surface area (Å²) < 4.78 is 10.3. The Labute approximate surface area is 147 Å². The van der Waals surface area contributed by atoms with E-state index in [9.17, 15) is 9.59 Å². The number of nitrogens with one attached hydrogen (secondary N) is 1. The average Bonchev–Trinajstić information content (AvgIpc) is 2.64. The highest BCUT2D eigenvalue weighted by Crippen LogP contribution is 2.22. The summed E-state index contributed by atoms with van der Waals surface area (Å²) in [5.41, 5.74) is 1.23. The van der Waals surface area contributed by atoms with Gasteiger partial charge in [-0.1, -0.05) is 18.2 Å². The van der Waals surface area contributed by atoms with Gasteiger partial charge in [-0.15, -0.1) is 0 Å². The Morgan fingerprint density at radius 3 is 2.12 bits per heavy atom. The highest BCUT2D eigenvalue weighted by Gasteiger charge is 2.13. The van der Waals surface area contributed by atoms with Crippen molar-refractivity contribution in [3.05, 3.63) is 54.1 Å². The first-order valence-electron chi connectivity index (χ1n) is 7.89. The molecule has 6 nitrogen and oxygen atoms in total. The Balaban J connectivity index is 2.01. The molecule has 0 heterocycles. The zero-order valence-corrected chi connectivity index (χ0v) is 14.6. The van der Waals surface area contributed by atoms with Crippen molar-refractivity contribution in [3.8, 4) is 11.5 Å². The summed E-state index contributed by atoms with van der Waals surface area (Å²) in [7, 11) is 3.06. The number of carbonyl (C=O) groups excluding carboxylic acids is 2. The molecule has 0 aromatic heterocycles. The second-order valence-corrected chi connectivity index (χ2v) is 5.36. The van der Waals surface area contributed by atoms with Gasteiger partial charge in [-0.2, -0.15) is 0 Å². The highest BCUT2D eigenvalue weighted by atomic mass is 16.5. The summed E-state index contributed by atoms with van der Waals surface area (Å²) in [5, 5.41) is 2.81. The molecule has 2 aromatic carbocycles. The minimum absolute atomic E-state index is 0.0801. The van der Waals surface area contributed by atoms with Crippen LogP contribution in [0, 0.1) is 0 Å². The molecule has 0 saturated carbocycles. The average molecular weight is 342 g/mol. The lowest BCUT2D eigenvalue weighted by Gasteiger charge is -2.21. The van der Waals surface area contributed by atoms with E-state index in [2.05, 4.69) is 5.32 Å². The van der Waals surface area contributed by atoms with Crippen molar-refractivity contribution in [2.75, 3.05) is 32.2 Å². The monoisotopic (exact) mass is 342 g/mol. The van der Waals surface area contributed by atoms with E-state index in [1.807, 2.05) is 30.3 Å². The molecule has 132 valence electrons. The van der Waals surface area contributed by atoms with E-state index in [0.29, 0.717) is 30.2 Å². The molecule has 2 rings (SSSR count). The molecule has 0 bridgehead atoms. The SMILES string of the molecule is COc1cc(OC)cc(C(=O)NCCN(C(C)=O)c2ccccc2)c1. The smallest absolute Gasteiger partial charge is 0.251 e. The van der Waals surface area contributed by atoms with Crippen LogP contribution >= 0.6 is 0 Å².